The molecular weight excluding hydrogens is 404 g/mol. The minimum Gasteiger partial charge on any atom is -0.390 e. The number of carbonyl (C=O) groups is 1. The van der Waals surface area contributed by atoms with Gasteiger partial charge in [0.05, 0.1) is 24.4 Å². The second-order valence-electron chi connectivity index (χ2n) is 9.35. The lowest BCUT2D eigenvalue weighted by Crippen LogP contribution is -2.42. The number of ether oxygens (including phenoxy) is 1. The van der Waals surface area contributed by atoms with Gasteiger partial charge in [0.1, 0.15) is 5.82 Å². The summed E-state index contributed by atoms with van der Waals surface area (Å²) in [5, 5.41) is 13.2. The highest BCUT2D eigenvalue weighted by atomic mass is 16.5. The molecule has 1 aromatic heterocycles. The highest BCUT2D eigenvalue weighted by Crippen LogP contribution is 2.29. The molecule has 1 saturated heterocycles. The standard InChI is InChI=1S/C25H34N4O3/c1-17(29-11-13-32-14-12-29)18-3-5-19(6-4-18)20-15-22(23(26)27-16-20)24(30)28-21-7-9-25(2,31)10-8-21/h3-6,15-17,21,31H,7-14H2,1-2H3,(H2,26,27)(H,28,30)/t17-,21-,25-/m1/s1. The van der Waals surface area contributed by atoms with Crippen LogP contribution in [0.3, 0.4) is 0 Å². The predicted octanol–water partition coefficient (Wildman–Crippen LogP) is 3.15. The van der Waals surface area contributed by atoms with Gasteiger partial charge in [-0.15, -0.1) is 0 Å². The van der Waals surface area contributed by atoms with E-state index in [0.717, 1.165) is 50.3 Å². The number of aliphatic hydroxyl groups is 1. The molecule has 2 fully saturated rings. The first-order valence-corrected chi connectivity index (χ1v) is 11.5. The zero-order valence-electron chi connectivity index (χ0n) is 19.0. The van der Waals surface area contributed by atoms with E-state index in [1.54, 1.807) is 6.20 Å². The van der Waals surface area contributed by atoms with Crippen molar-refractivity contribution in [1.82, 2.24) is 15.2 Å². The van der Waals surface area contributed by atoms with Gasteiger partial charge in [0.2, 0.25) is 0 Å². The SMILES string of the molecule is C[C@H](c1ccc(-c2cnc(N)c(C(=O)N[C@H]3CC[C@](C)(O)CC3)c2)cc1)N1CCOCC1. The molecule has 1 saturated carbocycles. The number of nitrogen functional groups attached to an aromatic ring is 1. The van der Waals surface area contributed by atoms with E-state index in [4.69, 9.17) is 10.5 Å². The predicted molar refractivity (Wildman–Crippen MR) is 125 cm³/mol. The van der Waals surface area contributed by atoms with Crippen molar-refractivity contribution in [2.24, 2.45) is 0 Å². The van der Waals surface area contributed by atoms with Crippen molar-refractivity contribution in [1.29, 1.82) is 0 Å². The zero-order chi connectivity index (χ0) is 22.7. The average Bonchev–Trinajstić information content (AvgIpc) is 2.81. The van der Waals surface area contributed by atoms with E-state index in [1.165, 1.54) is 5.56 Å². The summed E-state index contributed by atoms with van der Waals surface area (Å²) in [5.41, 5.74) is 8.91. The smallest absolute Gasteiger partial charge is 0.255 e. The number of nitrogens with two attached hydrogens (primary N) is 1. The van der Waals surface area contributed by atoms with Crippen LogP contribution in [0.15, 0.2) is 36.5 Å². The van der Waals surface area contributed by atoms with Crippen molar-refractivity contribution in [2.75, 3.05) is 32.0 Å². The largest absolute Gasteiger partial charge is 0.390 e. The number of anilines is 1. The summed E-state index contributed by atoms with van der Waals surface area (Å²) in [7, 11) is 0. The van der Waals surface area contributed by atoms with Crippen molar-refractivity contribution in [3.05, 3.63) is 47.7 Å². The van der Waals surface area contributed by atoms with Gasteiger partial charge < -0.3 is 20.9 Å². The van der Waals surface area contributed by atoms with Gasteiger partial charge in [0.25, 0.3) is 5.91 Å². The number of benzene rings is 1. The highest BCUT2D eigenvalue weighted by molar-refractivity contribution is 5.99. The Morgan fingerprint density at radius 1 is 1.22 bits per heavy atom. The maximum Gasteiger partial charge on any atom is 0.255 e. The number of nitrogens with one attached hydrogen (secondary N) is 1. The molecule has 1 aliphatic heterocycles. The molecule has 0 unspecified atom stereocenters. The van der Waals surface area contributed by atoms with Crippen molar-refractivity contribution >= 4 is 11.7 Å². The van der Waals surface area contributed by atoms with Gasteiger partial charge in [0.15, 0.2) is 0 Å². The minimum absolute atomic E-state index is 0.0479. The topological polar surface area (TPSA) is 101 Å². The number of rotatable bonds is 5. The molecule has 2 aromatic rings. The van der Waals surface area contributed by atoms with Crippen molar-refractivity contribution in [3.63, 3.8) is 0 Å². The molecule has 0 radical (unpaired) electrons. The number of amides is 1. The number of carbonyl (C=O) groups excluding carboxylic acids is 1. The Labute approximate surface area is 190 Å². The van der Waals surface area contributed by atoms with E-state index < -0.39 is 5.60 Å². The first-order valence-electron chi connectivity index (χ1n) is 11.5. The van der Waals surface area contributed by atoms with E-state index in [1.807, 2.05) is 13.0 Å². The van der Waals surface area contributed by atoms with Crippen LogP contribution in [0.4, 0.5) is 5.82 Å². The molecule has 0 bridgehead atoms. The van der Waals surface area contributed by atoms with Crippen LogP contribution in [-0.4, -0.2) is 58.8 Å². The lowest BCUT2D eigenvalue weighted by molar-refractivity contribution is 0.0140. The third-order valence-electron chi connectivity index (χ3n) is 6.88. The van der Waals surface area contributed by atoms with Crippen LogP contribution in [0.1, 0.15) is 61.5 Å². The number of hydrogen-bond acceptors (Lipinski definition) is 6. The third-order valence-corrected chi connectivity index (χ3v) is 6.88. The fourth-order valence-electron chi connectivity index (χ4n) is 4.59. The van der Waals surface area contributed by atoms with Gasteiger partial charge in [-0.25, -0.2) is 4.98 Å². The van der Waals surface area contributed by atoms with Gasteiger partial charge in [-0.2, -0.15) is 0 Å². The molecule has 0 spiro atoms. The van der Waals surface area contributed by atoms with Crippen molar-refractivity contribution in [3.8, 4) is 11.1 Å². The molecule has 172 valence electrons. The number of aromatic nitrogens is 1. The Bertz CT molecular complexity index is 929. The number of hydrogen-bond donors (Lipinski definition) is 3. The van der Waals surface area contributed by atoms with E-state index in [-0.39, 0.29) is 17.8 Å². The Hall–Kier alpha value is -2.48. The van der Waals surface area contributed by atoms with Gasteiger partial charge in [0, 0.05) is 36.9 Å². The Morgan fingerprint density at radius 2 is 1.88 bits per heavy atom. The first kappa shape index (κ1) is 22.7. The minimum atomic E-state index is -0.632. The van der Waals surface area contributed by atoms with Crippen LogP contribution in [0, 0.1) is 0 Å². The van der Waals surface area contributed by atoms with E-state index in [9.17, 15) is 9.90 Å². The van der Waals surface area contributed by atoms with E-state index in [2.05, 4.69) is 46.4 Å². The number of morpholine rings is 1. The molecule has 4 rings (SSSR count). The summed E-state index contributed by atoms with van der Waals surface area (Å²) in [5.74, 6) is 0.0209. The highest BCUT2D eigenvalue weighted by Gasteiger charge is 2.30. The third kappa shape index (κ3) is 5.28. The molecule has 7 heteroatoms. The molecular formula is C25H34N4O3. The summed E-state index contributed by atoms with van der Waals surface area (Å²) in [4.78, 5) is 19.6. The lowest BCUT2D eigenvalue weighted by atomic mass is 9.83. The van der Waals surface area contributed by atoms with E-state index in [0.29, 0.717) is 24.4 Å². The summed E-state index contributed by atoms with van der Waals surface area (Å²) >= 11 is 0. The second-order valence-corrected chi connectivity index (χ2v) is 9.35. The number of nitrogens with zero attached hydrogens (tertiary/aromatic N) is 2. The van der Waals surface area contributed by atoms with Crippen LogP contribution in [-0.2, 0) is 4.74 Å². The molecule has 1 aliphatic carbocycles. The van der Waals surface area contributed by atoms with Crippen LogP contribution >= 0.6 is 0 Å². The molecule has 4 N–H and O–H groups in total. The maximum atomic E-state index is 12.9. The maximum absolute atomic E-state index is 12.9. The van der Waals surface area contributed by atoms with Crippen LogP contribution in [0.2, 0.25) is 0 Å². The van der Waals surface area contributed by atoms with Crippen LogP contribution < -0.4 is 11.1 Å². The molecule has 2 heterocycles. The average molecular weight is 439 g/mol. The zero-order valence-corrected chi connectivity index (χ0v) is 19.0. The normalized spacial score (nSPS) is 25.3. The van der Waals surface area contributed by atoms with Crippen molar-refractivity contribution < 1.29 is 14.6 Å². The van der Waals surface area contributed by atoms with E-state index >= 15 is 0 Å². The Balaban J connectivity index is 1.45. The summed E-state index contributed by atoms with van der Waals surface area (Å²) in [6.07, 6.45) is 4.59. The van der Waals surface area contributed by atoms with Crippen LogP contribution in [0.5, 0.6) is 0 Å². The molecule has 1 amide bonds. The Morgan fingerprint density at radius 3 is 2.53 bits per heavy atom. The fraction of sp³-hybridized carbons (Fsp3) is 0.520. The summed E-state index contributed by atoms with van der Waals surface area (Å²) < 4.78 is 5.46. The molecule has 1 atom stereocenters. The first-order chi connectivity index (χ1) is 15.3. The fourth-order valence-corrected chi connectivity index (χ4v) is 4.59. The quantitative estimate of drug-likeness (QED) is 0.663. The van der Waals surface area contributed by atoms with Gasteiger partial charge in [-0.05, 0) is 56.7 Å². The van der Waals surface area contributed by atoms with Crippen LogP contribution in [0.25, 0.3) is 11.1 Å². The summed E-state index contributed by atoms with van der Waals surface area (Å²) in [6, 6.07) is 10.6. The van der Waals surface area contributed by atoms with Gasteiger partial charge >= 0.3 is 0 Å². The lowest BCUT2D eigenvalue weighted by Gasteiger charge is -2.33. The second kappa shape index (κ2) is 9.57. The van der Waals surface area contributed by atoms with Gasteiger partial charge in [-0.3, -0.25) is 9.69 Å². The Kier molecular flexibility index (Phi) is 6.79. The molecule has 7 nitrogen and oxygen atoms in total. The number of pyridine rings is 1. The monoisotopic (exact) mass is 438 g/mol. The summed E-state index contributed by atoms with van der Waals surface area (Å²) in [6.45, 7) is 7.53. The van der Waals surface area contributed by atoms with Crippen molar-refractivity contribution in [2.45, 2.75) is 57.2 Å². The molecule has 32 heavy (non-hydrogen) atoms. The molecule has 2 aliphatic rings. The molecule has 1 aromatic carbocycles. The van der Waals surface area contributed by atoms with Gasteiger partial charge in [-0.1, -0.05) is 24.3 Å².